The van der Waals surface area contributed by atoms with Crippen LogP contribution in [0.4, 0.5) is 4.39 Å². The van der Waals surface area contributed by atoms with Gasteiger partial charge in [0.2, 0.25) is 0 Å². The van der Waals surface area contributed by atoms with Gasteiger partial charge in [-0.2, -0.15) is 0 Å². The average molecular weight is 286 g/mol. The third-order valence-electron chi connectivity index (χ3n) is 3.42. The molecule has 0 heterocycles. The highest BCUT2D eigenvalue weighted by molar-refractivity contribution is 5.22. The molecule has 2 aromatic rings. The van der Waals surface area contributed by atoms with Crippen molar-refractivity contribution < 1.29 is 4.39 Å². The summed E-state index contributed by atoms with van der Waals surface area (Å²) in [6, 6.07) is 15.4. The summed E-state index contributed by atoms with van der Waals surface area (Å²) < 4.78 is 12.9. The molecule has 2 rings (SSSR count). The number of rotatable bonds is 7. The zero-order valence-corrected chi connectivity index (χ0v) is 12.8. The van der Waals surface area contributed by atoms with Crippen LogP contribution in [0.15, 0.2) is 48.5 Å². The van der Waals surface area contributed by atoms with Gasteiger partial charge in [0.1, 0.15) is 5.82 Å². The van der Waals surface area contributed by atoms with Gasteiger partial charge in [0.05, 0.1) is 0 Å². The summed E-state index contributed by atoms with van der Waals surface area (Å²) in [7, 11) is 2.08. The van der Waals surface area contributed by atoms with Crippen LogP contribution in [0, 0.1) is 5.82 Å². The van der Waals surface area contributed by atoms with E-state index in [1.165, 1.54) is 23.3 Å². The summed E-state index contributed by atoms with van der Waals surface area (Å²) in [5, 5.41) is 3.32. The Morgan fingerprint density at radius 1 is 0.857 bits per heavy atom. The Labute approximate surface area is 126 Å². The lowest BCUT2D eigenvalue weighted by Crippen LogP contribution is -2.17. The molecule has 112 valence electrons. The molecular weight excluding hydrogens is 263 g/mol. The highest BCUT2D eigenvalue weighted by atomic mass is 19.1. The minimum absolute atomic E-state index is 0.183. The number of hydrogen-bond donors (Lipinski definition) is 1. The largest absolute Gasteiger partial charge is 0.313 e. The minimum Gasteiger partial charge on any atom is -0.313 e. The smallest absolute Gasteiger partial charge is 0.123 e. The Morgan fingerprint density at radius 3 is 1.86 bits per heavy atom. The third-order valence-corrected chi connectivity index (χ3v) is 3.42. The van der Waals surface area contributed by atoms with Crippen molar-refractivity contribution in [2.75, 3.05) is 13.6 Å². The molecule has 0 radical (unpaired) electrons. The first-order valence-corrected chi connectivity index (χ1v) is 7.39. The van der Waals surface area contributed by atoms with E-state index in [1.54, 1.807) is 0 Å². The summed E-state index contributed by atoms with van der Waals surface area (Å²) in [5.41, 5.74) is 3.73. The van der Waals surface area contributed by atoms with E-state index >= 15 is 0 Å². The van der Waals surface area contributed by atoms with Crippen LogP contribution in [0.1, 0.15) is 23.6 Å². The summed E-state index contributed by atoms with van der Waals surface area (Å²) in [6.07, 6.45) is 0. The fraction of sp³-hybridized carbons (Fsp3) is 0.333. The van der Waals surface area contributed by atoms with Crippen LogP contribution in [-0.4, -0.2) is 18.5 Å². The molecule has 2 aromatic carbocycles. The summed E-state index contributed by atoms with van der Waals surface area (Å²) in [6.45, 7) is 5.72. The predicted octanol–water partition coefficient (Wildman–Crippen LogP) is 3.57. The van der Waals surface area contributed by atoms with Crippen LogP contribution in [0.5, 0.6) is 0 Å². The molecule has 2 nitrogen and oxygen atoms in total. The maximum Gasteiger partial charge on any atom is 0.123 e. The van der Waals surface area contributed by atoms with E-state index in [0.717, 1.165) is 31.7 Å². The van der Waals surface area contributed by atoms with Crippen LogP contribution < -0.4 is 5.32 Å². The molecule has 0 amide bonds. The molecule has 3 heteroatoms. The molecule has 0 saturated carbocycles. The standard InChI is InChI=1S/C18H23FN2/c1-3-20-12-15-4-6-16(7-5-15)13-21(2)14-17-8-10-18(19)11-9-17/h4-11,20H,3,12-14H2,1-2H3. The van der Waals surface area contributed by atoms with Gasteiger partial charge < -0.3 is 5.32 Å². The van der Waals surface area contributed by atoms with Crippen molar-refractivity contribution in [3.63, 3.8) is 0 Å². The van der Waals surface area contributed by atoms with E-state index in [-0.39, 0.29) is 5.82 Å². The lowest BCUT2D eigenvalue weighted by molar-refractivity contribution is 0.319. The highest BCUT2D eigenvalue weighted by Gasteiger charge is 2.02. The fourth-order valence-corrected chi connectivity index (χ4v) is 2.30. The van der Waals surface area contributed by atoms with Gasteiger partial charge in [-0.25, -0.2) is 4.39 Å². The molecule has 21 heavy (non-hydrogen) atoms. The van der Waals surface area contributed by atoms with Crippen molar-refractivity contribution in [1.82, 2.24) is 10.2 Å². The molecule has 0 fully saturated rings. The van der Waals surface area contributed by atoms with Crippen molar-refractivity contribution in [3.05, 3.63) is 71.0 Å². The molecule has 0 bridgehead atoms. The van der Waals surface area contributed by atoms with Crippen LogP contribution >= 0.6 is 0 Å². The molecule has 1 N–H and O–H groups in total. The van der Waals surface area contributed by atoms with Crippen LogP contribution in [0.2, 0.25) is 0 Å². The van der Waals surface area contributed by atoms with Gasteiger partial charge in [0, 0.05) is 19.6 Å². The maximum atomic E-state index is 12.9. The van der Waals surface area contributed by atoms with E-state index in [2.05, 4.69) is 48.5 Å². The Morgan fingerprint density at radius 2 is 1.33 bits per heavy atom. The first-order chi connectivity index (χ1) is 10.2. The van der Waals surface area contributed by atoms with Crippen LogP contribution in [0.3, 0.4) is 0 Å². The van der Waals surface area contributed by atoms with Gasteiger partial charge in [-0.1, -0.05) is 43.3 Å². The third kappa shape index (κ3) is 5.29. The fourth-order valence-electron chi connectivity index (χ4n) is 2.30. The van der Waals surface area contributed by atoms with Crippen molar-refractivity contribution in [2.24, 2.45) is 0 Å². The van der Waals surface area contributed by atoms with Crippen molar-refractivity contribution in [2.45, 2.75) is 26.6 Å². The SMILES string of the molecule is CCNCc1ccc(CN(C)Cc2ccc(F)cc2)cc1. The molecule has 0 unspecified atom stereocenters. The maximum absolute atomic E-state index is 12.9. The van der Waals surface area contributed by atoms with Gasteiger partial charge in [0.15, 0.2) is 0 Å². The molecular formula is C18H23FN2. The molecule has 0 aromatic heterocycles. The molecule has 0 aliphatic rings. The molecule has 0 saturated heterocycles. The second kappa shape index (κ2) is 7.91. The first-order valence-electron chi connectivity index (χ1n) is 7.39. The molecule has 0 aliphatic heterocycles. The van der Waals surface area contributed by atoms with Gasteiger partial charge in [-0.05, 0) is 42.4 Å². The van der Waals surface area contributed by atoms with E-state index < -0.39 is 0 Å². The predicted molar refractivity (Wildman–Crippen MR) is 85.4 cm³/mol. The van der Waals surface area contributed by atoms with Crippen molar-refractivity contribution in [3.8, 4) is 0 Å². The summed E-state index contributed by atoms with van der Waals surface area (Å²) >= 11 is 0. The Bertz CT molecular complexity index is 534. The van der Waals surface area contributed by atoms with E-state index in [4.69, 9.17) is 0 Å². The second-order valence-electron chi connectivity index (χ2n) is 5.40. The zero-order valence-electron chi connectivity index (χ0n) is 12.8. The zero-order chi connectivity index (χ0) is 15.1. The van der Waals surface area contributed by atoms with Gasteiger partial charge in [-0.3, -0.25) is 4.90 Å². The van der Waals surface area contributed by atoms with E-state index in [1.807, 2.05) is 12.1 Å². The summed E-state index contributed by atoms with van der Waals surface area (Å²) in [5.74, 6) is -0.183. The number of hydrogen-bond acceptors (Lipinski definition) is 2. The number of nitrogens with one attached hydrogen (secondary N) is 1. The highest BCUT2D eigenvalue weighted by Crippen LogP contribution is 2.10. The monoisotopic (exact) mass is 286 g/mol. The average Bonchev–Trinajstić information content (AvgIpc) is 2.49. The molecule has 0 aliphatic carbocycles. The van der Waals surface area contributed by atoms with Crippen molar-refractivity contribution in [1.29, 1.82) is 0 Å². The van der Waals surface area contributed by atoms with E-state index in [0.29, 0.717) is 0 Å². The normalized spacial score (nSPS) is 11.0. The van der Waals surface area contributed by atoms with Crippen molar-refractivity contribution >= 4 is 0 Å². The molecule has 0 spiro atoms. The van der Waals surface area contributed by atoms with Gasteiger partial charge in [-0.15, -0.1) is 0 Å². The molecule has 0 atom stereocenters. The second-order valence-corrected chi connectivity index (χ2v) is 5.40. The lowest BCUT2D eigenvalue weighted by atomic mass is 10.1. The lowest BCUT2D eigenvalue weighted by Gasteiger charge is -2.17. The van der Waals surface area contributed by atoms with Crippen LogP contribution in [0.25, 0.3) is 0 Å². The summed E-state index contributed by atoms with van der Waals surface area (Å²) in [4.78, 5) is 2.23. The Balaban J connectivity index is 1.87. The van der Waals surface area contributed by atoms with Gasteiger partial charge in [0.25, 0.3) is 0 Å². The topological polar surface area (TPSA) is 15.3 Å². The Kier molecular flexibility index (Phi) is 5.90. The van der Waals surface area contributed by atoms with Gasteiger partial charge >= 0.3 is 0 Å². The first kappa shape index (κ1) is 15.7. The Hall–Kier alpha value is -1.71. The number of nitrogens with zero attached hydrogens (tertiary/aromatic N) is 1. The minimum atomic E-state index is -0.183. The van der Waals surface area contributed by atoms with Crippen LogP contribution in [-0.2, 0) is 19.6 Å². The number of halogens is 1. The van der Waals surface area contributed by atoms with E-state index in [9.17, 15) is 4.39 Å². The number of benzene rings is 2. The quantitative estimate of drug-likeness (QED) is 0.837.